The van der Waals surface area contributed by atoms with Gasteiger partial charge in [-0.15, -0.1) is 0 Å². The van der Waals surface area contributed by atoms with Crippen LogP contribution in [0, 0.1) is 19.8 Å². The maximum Gasteiger partial charge on any atom is 0.263 e. The van der Waals surface area contributed by atoms with Crippen LogP contribution >= 0.6 is 23.1 Å². The van der Waals surface area contributed by atoms with Crippen molar-refractivity contribution < 1.29 is 4.57 Å². The van der Waals surface area contributed by atoms with Crippen LogP contribution in [-0.2, 0) is 6.54 Å². The Balaban J connectivity index is 1.32. The van der Waals surface area contributed by atoms with E-state index in [1.54, 1.807) is 0 Å². The van der Waals surface area contributed by atoms with E-state index in [0.717, 1.165) is 13.1 Å². The predicted octanol–water partition coefficient (Wildman–Crippen LogP) is 8.74. The Morgan fingerprint density at radius 3 is 2.61 bits per heavy atom. The molecule has 0 amide bonds. The summed E-state index contributed by atoms with van der Waals surface area (Å²) >= 11 is 3.85. The molecule has 2 aromatic carbocycles. The van der Waals surface area contributed by atoms with Crippen LogP contribution in [0.25, 0.3) is 16.3 Å². The third-order valence-corrected chi connectivity index (χ3v) is 9.99. The van der Waals surface area contributed by atoms with Gasteiger partial charge in [0.2, 0.25) is 5.52 Å². The summed E-state index contributed by atoms with van der Waals surface area (Å²) in [6.45, 7) is 10.9. The predicted molar refractivity (Wildman–Crippen MR) is 157 cm³/mol. The van der Waals surface area contributed by atoms with Crippen LogP contribution in [0.2, 0.25) is 0 Å². The molecule has 1 atom stereocenters. The summed E-state index contributed by atoms with van der Waals surface area (Å²) in [5.41, 5.74) is 9.89. The van der Waals surface area contributed by atoms with Gasteiger partial charge in [0.15, 0.2) is 0 Å². The molecule has 0 saturated heterocycles. The molecule has 0 radical (unpaired) electrons. The van der Waals surface area contributed by atoms with Gasteiger partial charge in [0.25, 0.3) is 5.01 Å². The topological polar surface area (TPSA) is 7.12 Å². The van der Waals surface area contributed by atoms with Crippen LogP contribution in [0.5, 0.6) is 0 Å². The first-order valence-corrected chi connectivity index (χ1v) is 15.0. The number of aryl methyl sites for hydroxylation is 3. The molecule has 2 aliphatic carbocycles. The summed E-state index contributed by atoms with van der Waals surface area (Å²) < 4.78 is 3.86. The summed E-state index contributed by atoms with van der Waals surface area (Å²) in [6.07, 6.45) is 14.8. The lowest BCUT2D eigenvalue weighted by Gasteiger charge is -2.28. The molecule has 1 unspecified atom stereocenters. The highest BCUT2D eigenvalue weighted by Crippen LogP contribution is 2.47. The Hall–Kier alpha value is -2.56. The Morgan fingerprint density at radius 2 is 1.78 bits per heavy atom. The van der Waals surface area contributed by atoms with Crippen molar-refractivity contribution in [2.24, 2.45) is 5.92 Å². The molecule has 0 bridgehead atoms. The third-order valence-electron chi connectivity index (χ3n) is 7.76. The van der Waals surface area contributed by atoms with E-state index in [1.165, 1.54) is 84.4 Å². The Labute approximate surface area is 223 Å². The minimum Gasteiger partial charge on any atom is -0.335 e. The number of fused-ring (bicyclic) bond motifs is 3. The van der Waals surface area contributed by atoms with E-state index >= 15 is 0 Å². The van der Waals surface area contributed by atoms with Crippen molar-refractivity contribution in [3.8, 4) is 0 Å². The van der Waals surface area contributed by atoms with E-state index in [0.29, 0.717) is 5.92 Å². The number of thioether (sulfide) groups is 1. The van der Waals surface area contributed by atoms with Gasteiger partial charge in [-0.05, 0) is 111 Å². The molecule has 0 spiro atoms. The highest BCUT2D eigenvalue weighted by atomic mass is 32.2. The van der Waals surface area contributed by atoms with Gasteiger partial charge in [-0.2, -0.15) is 4.57 Å². The van der Waals surface area contributed by atoms with E-state index in [9.17, 15) is 0 Å². The molecule has 0 N–H and O–H groups in total. The fourth-order valence-electron chi connectivity index (χ4n) is 5.84. The number of benzene rings is 2. The van der Waals surface area contributed by atoms with Crippen molar-refractivity contribution in [1.82, 2.24) is 0 Å². The van der Waals surface area contributed by atoms with Crippen molar-refractivity contribution in [3.05, 3.63) is 92.5 Å². The summed E-state index contributed by atoms with van der Waals surface area (Å²) in [5.74, 6) is 0.714. The number of hydrogen-bond acceptors (Lipinski definition) is 3. The van der Waals surface area contributed by atoms with Crippen molar-refractivity contribution in [3.63, 3.8) is 0 Å². The second-order valence-electron chi connectivity index (χ2n) is 10.3. The lowest BCUT2D eigenvalue weighted by molar-refractivity contribution is -0.665. The van der Waals surface area contributed by atoms with Gasteiger partial charge in [0.1, 0.15) is 11.2 Å². The number of thiazole rings is 1. The first-order valence-electron chi connectivity index (χ1n) is 13.4. The average molecular weight is 512 g/mol. The molecule has 4 heteroatoms. The zero-order chi connectivity index (χ0) is 24.8. The highest BCUT2D eigenvalue weighted by molar-refractivity contribution is 8.03. The van der Waals surface area contributed by atoms with Gasteiger partial charge < -0.3 is 4.90 Å². The molecular formula is C32H35N2S2+. The van der Waals surface area contributed by atoms with Crippen LogP contribution in [0.4, 0.5) is 5.69 Å². The third kappa shape index (κ3) is 4.39. The molecule has 2 nitrogen and oxygen atoms in total. The van der Waals surface area contributed by atoms with Gasteiger partial charge >= 0.3 is 0 Å². The van der Waals surface area contributed by atoms with E-state index in [4.69, 9.17) is 0 Å². The second-order valence-corrected chi connectivity index (χ2v) is 12.4. The highest BCUT2D eigenvalue weighted by Gasteiger charge is 2.27. The zero-order valence-electron chi connectivity index (χ0n) is 21.8. The maximum atomic E-state index is 2.50. The largest absolute Gasteiger partial charge is 0.335 e. The number of anilines is 1. The van der Waals surface area contributed by atoms with Crippen molar-refractivity contribution in [1.29, 1.82) is 0 Å². The number of aromatic nitrogens is 1. The second kappa shape index (κ2) is 9.72. The fourth-order valence-corrected chi connectivity index (χ4v) is 8.21. The SMILES string of the molecule is CCN1/C(=C/C2=CC3=C/C(=C/c4sc5ccc(C)cc5[n+]4CC)CCC3CC2)Sc2ccc(C)cc21. The van der Waals surface area contributed by atoms with E-state index in [-0.39, 0.29) is 0 Å². The Kier molecular flexibility index (Phi) is 6.43. The Morgan fingerprint density at radius 1 is 0.972 bits per heavy atom. The van der Waals surface area contributed by atoms with Gasteiger partial charge in [0, 0.05) is 23.6 Å². The smallest absolute Gasteiger partial charge is 0.263 e. The van der Waals surface area contributed by atoms with Gasteiger partial charge in [-0.3, -0.25) is 0 Å². The molecular weight excluding hydrogens is 477 g/mol. The molecule has 0 saturated carbocycles. The van der Waals surface area contributed by atoms with Crippen LogP contribution in [-0.4, -0.2) is 6.54 Å². The van der Waals surface area contributed by atoms with Crippen LogP contribution in [0.15, 0.2) is 81.3 Å². The van der Waals surface area contributed by atoms with Gasteiger partial charge in [-0.1, -0.05) is 47.4 Å². The average Bonchev–Trinajstić information content (AvgIpc) is 3.39. The number of rotatable bonds is 4. The first kappa shape index (κ1) is 23.8. The first-order chi connectivity index (χ1) is 17.5. The van der Waals surface area contributed by atoms with Crippen LogP contribution < -0.4 is 9.47 Å². The molecule has 1 aliphatic heterocycles. The molecule has 6 rings (SSSR count). The summed E-state index contributed by atoms with van der Waals surface area (Å²) in [7, 11) is 0. The molecule has 1 aromatic heterocycles. The summed E-state index contributed by atoms with van der Waals surface area (Å²) in [5, 5.41) is 2.75. The quantitative estimate of drug-likeness (QED) is 0.323. The molecule has 2 heterocycles. The minimum atomic E-state index is 0.714. The van der Waals surface area contributed by atoms with Crippen molar-refractivity contribution in [2.75, 3.05) is 11.4 Å². The van der Waals surface area contributed by atoms with E-state index in [2.05, 4.69) is 97.9 Å². The minimum absolute atomic E-state index is 0.714. The van der Waals surface area contributed by atoms with Crippen molar-refractivity contribution in [2.45, 2.75) is 64.8 Å². The monoisotopic (exact) mass is 511 g/mol. The molecule has 3 aliphatic rings. The molecule has 3 aromatic rings. The van der Waals surface area contributed by atoms with Crippen molar-refractivity contribution >= 4 is 45.1 Å². The van der Waals surface area contributed by atoms with E-state index < -0.39 is 0 Å². The normalized spacial score (nSPS) is 21.7. The standard InChI is InChI=1S/C32H35N2S2/c1-5-33-27-15-21(3)7-13-29(27)35-31(33)19-23-9-11-25-12-10-24(18-26(25)17-23)20-32-34(6-2)28-16-22(4)8-14-30(28)36-32/h7-8,13-20,25H,5-6,9-12H2,1-4H3/q+1. The summed E-state index contributed by atoms with van der Waals surface area (Å²) in [6, 6.07) is 13.7. The fraction of sp³-hybridized carbons (Fsp3) is 0.344. The zero-order valence-corrected chi connectivity index (χ0v) is 23.4. The number of allylic oxidation sites excluding steroid dienone is 6. The molecule has 0 fully saturated rings. The molecule has 184 valence electrons. The number of hydrogen-bond donors (Lipinski definition) is 0. The van der Waals surface area contributed by atoms with E-state index in [1.807, 2.05) is 23.1 Å². The molecule has 36 heavy (non-hydrogen) atoms. The lowest BCUT2D eigenvalue weighted by atomic mass is 9.77. The van der Waals surface area contributed by atoms with Gasteiger partial charge in [0.05, 0.1) is 10.7 Å². The Bertz CT molecular complexity index is 1470. The maximum absolute atomic E-state index is 2.50. The van der Waals surface area contributed by atoms with Gasteiger partial charge in [-0.25, -0.2) is 0 Å². The lowest BCUT2D eigenvalue weighted by Crippen LogP contribution is -2.33. The summed E-state index contributed by atoms with van der Waals surface area (Å²) in [4.78, 5) is 3.86. The van der Waals surface area contributed by atoms with Crippen LogP contribution in [0.1, 0.15) is 55.7 Å². The number of nitrogens with zero attached hydrogens (tertiary/aromatic N) is 2. The van der Waals surface area contributed by atoms with Crippen LogP contribution in [0.3, 0.4) is 0 Å².